The first-order chi connectivity index (χ1) is 8.75. The first-order valence-corrected chi connectivity index (χ1v) is 7.87. The first kappa shape index (κ1) is 16.4. The van der Waals surface area contributed by atoms with Crippen LogP contribution >= 0.6 is 11.6 Å². The minimum atomic E-state index is -3.62. The third kappa shape index (κ3) is 4.42. The largest absolute Gasteiger partial charge is 0.305 e. The maximum Gasteiger partial charge on any atom is 0.243 e. The van der Waals surface area contributed by atoms with Gasteiger partial charge in [0.2, 0.25) is 10.0 Å². The first-order valence-electron chi connectivity index (χ1n) is 6.01. The lowest BCUT2D eigenvalue weighted by Crippen LogP contribution is -2.43. The van der Waals surface area contributed by atoms with Gasteiger partial charge in [-0.2, -0.15) is 0 Å². The Balaban J connectivity index is 2.84. The van der Waals surface area contributed by atoms with Gasteiger partial charge in [-0.05, 0) is 26.1 Å². The van der Waals surface area contributed by atoms with Crippen molar-refractivity contribution in [1.29, 1.82) is 0 Å². The van der Waals surface area contributed by atoms with Crippen LogP contribution in [0.25, 0.3) is 0 Å². The fourth-order valence-corrected chi connectivity index (χ4v) is 3.33. The fourth-order valence-electron chi connectivity index (χ4n) is 1.85. The Morgan fingerprint density at radius 1 is 1.42 bits per heavy atom. The number of nitrogens with one attached hydrogen (secondary N) is 1. The zero-order valence-electron chi connectivity index (χ0n) is 11.6. The molecule has 0 spiro atoms. The number of likely N-dealkylation sites (N-methyl/N-ethyl adjacent to an activating group) is 1. The van der Waals surface area contributed by atoms with Crippen molar-refractivity contribution in [1.82, 2.24) is 14.6 Å². The molecule has 7 heteroatoms. The van der Waals surface area contributed by atoms with Gasteiger partial charge in [0.1, 0.15) is 4.90 Å². The zero-order chi connectivity index (χ0) is 14.6. The average molecular weight is 306 g/mol. The van der Waals surface area contributed by atoms with Crippen LogP contribution in [0.1, 0.15) is 13.8 Å². The molecule has 0 aromatic carbocycles. The topological polar surface area (TPSA) is 62.3 Å². The van der Waals surface area contributed by atoms with E-state index in [1.54, 1.807) is 0 Å². The van der Waals surface area contributed by atoms with Crippen molar-refractivity contribution in [3.63, 3.8) is 0 Å². The summed E-state index contributed by atoms with van der Waals surface area (Å²) in [6, 6.07) is 1.58. The number of hydrogen-bond acceptors (Lipinski definition) is 4. The molecule has 1 aromatic rings. The highest BCUT2D eigenvalue weighted by Crippen LogP contribution is 2.19. The van der Waals surface area contributed by atoms with Crippen molar-refractivity contribution < 1.29 is 8.42 Å². The second-order valence-corrected chi connectivity index (χ2v) is 7.08. The van der Waals surface area contributed by atoms with Gasteiger partial charge in [0.15, 0.2) is 0 Å². The van der Waals surface area contributed by atoms with Crippen molar-refractivity contribution in [2.75, 3.05) is 20.6 Å². The van der Waals surface area contributed by atoms with E-state index in [4.69, 9.17) is 11.6 Å². The van der Waals surface area contributed by atoms with Gasteiger partial charge in [-0.15, -0.1) is 0 Å². The molecule has 0 radical (unpaired) electrons. The molecule has 1 N–H and O–H groups in total. The van der Waals surface area contributed by atoms with Gasteiger partial charge < -0.3 is 4.90 Å². The fraction of sp³-hybridized carbons (Fsp3) is 0.583. The van der Waals surface area contributed by atoms with Gasteiger partial charge >= 0.3 is 0 Å². The SMILES string of the molecule is CC(C)C(CNS(=O)(=O)c1cnccc1Cl)N(C)C. The smallest absolute Gasteiger partial charge is 0.243 e. The molecule has 1 rings (SSSR count). The quantitative estimate of drug-likeness (QED) is 0.867. The maximum atomic E-state index is 12.1. The van der Waals surface area contributed by atoms with Crippen LogP contribution in [-0.4, -0.2) is 45.0 Å². The molecule has 1 heterocycles. The Kier molecular flexibility index (Phi) is 5.73. The molecule has 0 amide bonds. The number of nitrogens with zero attached hydrogens (tertiary/aromatic N) is 2. The number of halogens is 1. The maximum absolute atomic E-state index is 12.1. The van der Waals surface area contributed by atoms with E-state index in [2.05, 4.69) is 23.6 Å². The van der Waals surface area contributed by atoms with E-state index in [1.165, 1.54) is 18.5 Å². The molecule has 1 atom stereocenters. The Labute approximate surface area is 120 Å². The summed E-state index contributed by atoms with van der Waals surface area (Å²) in [7, 11) is 0.229. The van der Waals surface area contributed by atoms with Crippen LogP contribution in [0.2, 0.25) is 5.02 Å². The molecular weight excluding hydrogens is 286 g/mol. The Morgan fingerprint density at radius 2 is 2.05 bits per heavy atom. The van der Waals surface area contributed by atoms with Crippen molar-refractivity contribution in [3.05, 3.63) is 23.5 Å². The summed E-state index contributed by atoms with van der Waals surface area (Å²) in [6.07, 6.45) is 2.71. The third-order valence-corrected chi connectivity index (χ3v) is 4.83. The van der Waals surface area contributed by atoms with Gasteiger partial charge in [-0.25, -0.2) is 13.1 Å². The second kappa shape index (κ2) is 6.65. The molecule has 19 heavy (non-hydrogen) atoms. The number of pyridine rings is 1. The van der Waals surface area contributed by atoms with Crippen molar-refractivity contribution in [2.24, 2.45) is 5.92 Å². The Bertz CT molecular complexity index is 509. The summed E-state index contributed by atoms with van der Waals surface area (Å²) in [4.78, 5) is 5.81. The van der Waals surface area contributed by atoms with Crippen LogP contribution in [-0.2, 0) is 10.0 Å². The molecular formula is C12H20ClN3O2S. The van der Waals surface area contributed by atoms with E-state index in [0.29, 0.717) is 12.5 Å². The molecule has 108 valence electrons. The van der Waals surface area contributed by atoms with Gasteiger partial charge in [0.25, 0.3) is 0 Å². The predicted octanol–water partition coefficient (Wildman–Crippen LogP) is 1.60. The van der Waals surface area contributed by atoms with Crippen LogP contribution in [0.15, 0.2) is 23.4 Å². The van der Waals surface area contributed by atoms with E-state index in [9.17, 15) is 8.42 Å². The standard InChI is InChI=1S/C12H20ClN3O2S/c1-9(2)11(16(3)4)7-15-19(17,18)12-8-14-6-5-10(12)13/h5-6,8-9,11,15H,7H2,1-4H3. The van der Waals surface area contributed by atoms with E-state index >= 15 is 0 Å². The van der Waals surface area contributed by atoms with Crippen LogP contribution < -0.4 is 4.72 Å². The van der Waals surface area contributed by atoms with Gasteiger partial charge in [0, 0.05) is 25.0 Å². The van der Waals surface area contributed by atoms with Crippen LogP contribution in [0, 0.1) is 5.92 Å². The highest BCUT2D eigenvalue weighted by molar-refractivity contribution is 7.89. The summed E-state index contributed by atoms with van der Waals surface area (Å²) in [5.41, 5.74) is 0. The van der Waals surface area contributed by atoms with Crippen molar-refractivity contribution >= 4 is 21.6 Å². The number of sulfonamides is 1. The minimum absolute atomic E-state index is 0.0120. The van der Waals surface area contributed by atoms with Crippen LogP contribution in [0.5, 0.6) is 0 Å². The highest BCUT2D eigenvalue weighted by atomic mass is 35.5. The summed E-state index contributed by atoms with van der Waals surface area (Å²) >= 11 is 5.88. The molecule has 0 aliphatic heterocycles. The molecule has 0 bridgehead atoms. The molecule has 1 unspecified atom stereocenters. The lowest BCUT2D eigenvalue weighted by Gasteiger charge is -2.28. The third-order valence-electron chi connectivity index (χ3n) is 2.94. The van der Waals surface area contributed by atoms with Gasteiger partial charge in [-0.1, -0.05) is 25.4 Å². The molecule has 0 aliphatic carbocycles. The van der Waals surface area contributed by atoms with E-state index in [-0.39, 0.29) is 16.0 Å². The number of aromatic nitrogens is 1. The van der Waals surface area contributed by atoms with E-state index in [1.807, 2.05) is 19.0 Å². The van der Waals surface area contributed by atoms with E-state index in [0.717, 1.165) is 0 Å². The highest BCUT2D eigenvalue weighted by Gasteiger charge is 2.22. The lowest BCUT2D eigenvalue weighted by atomic mass is 10.0. The average Bonchev–Trinajstić information content (AvgIpc) is 2.28. The molecule has 0 saturated carbocycles. The predicted molar refractivity (Wildman–Crippen MR) is 76.7 cm³/mol. The summed E-state index contributed by atoms with van der Waals surface area (Å²) < 4.78 is 26.9. The summed E-state index contributed by atoms with van der Waals surface area (Å²) in [5, 5.41) is 0.174. The molecule has 1 aromatic heterocycles. The molecule has 0 fully saturated rings. The number of hydrogen-bond donors (Lipinski definition) is 1. The zero-order valence-corrected chi connectivity index (χ0v) is 13.2. The summed E-state index contributed by atoms with van der Waals surface area (Å²) in [6.45, 7) is 4.43. The normalized spacial score (nSPS) is 14.1. The van der Waals surface area contributed by atoms with Crippen molar-refractivity contribution in [2.45, 2.75) is 24.8 Å². The Morgan fingerprint density at radius 3 is 2.53 bits per heavy atom. The summed E-state index contributed by atoms with van der Waals surface area (Å²) in [5.74, 6) is 0.335. The van der Waals surface area contributed by atoms with E-state index < -0.39 is 10.0 Å². The molecule has 5 nitrogen and oxygen atoms in total. The molecule has 0 saturated heterocycles. The lowest BCUT2D eigenvalue weighted by molar-refractivity contribution is 0.233. The monoisotopic (exact) mass is 305 g/mol. The van der Waals surface area contributed by atoms with Crippen LogP contribution in [0.3, 0.4) is 0 Å². The number of rotatable bonds is 6. The van der Waals surface area contributed by atoms with Gasteiger partial charge in [0.05, 0.1) is 5.02 Å². The Hall–Kier alpha value is -0.690. The molecule has 0 aliphatic rings. The van der Waals surface area contributed by atoms with Gasteiger partial charge in [-0.3, -0.25) is 4.98 Å². The second-order valence-electron chi connectivity index (χ2n) is 4.93. The van der Waals surface area contributed by atoms with Crippen LogP contribution in [0.4, 0.5) is 0 Å². The minimum Gasteiger partial charge on any atom is -0.305 e. The van der Waals surface area contributed by atoms with Crippen molar-refractivity contribution in [3.8, 4) is 0 Å².